The second kappa shape index (κ2) is 10.8. The molecule has 0 aromatic heterocycles. The number of aliphatic carboxylic acids is 1. The summed E-state index contributed by atoms with van der Waals surface area (Å²) in [5.41, 5.74) is 0. The molecule has 1 atom stereocenters. The summed E-state index contributed by atoms with van der Waals surface area (Å²) in [4.78, 5) is 23.2. The van der Waals surface area contributed by atoms with E-state index in [4.69, 9.17) is 5.11 Å². The van der Waals surface area contributed by atoms with Crippen LogP contribution in [0.2, 0.25) is 0 Å². The first kappa shape index (κ1) is 17.9. The molecule has 0 fully saturated rings. The van der Waals surface area contributed by atoms with Crippen LogP contribution in [0.5, 0.6) is 0 Å². The Labute approximate surface area is 115 Å². The highest BCUT2D eigenvalue weighted by atomic mass is 19.1. The summed E-state index contributed by atoms with van der Waals surface area (Å²) in [6.45, 7) is 3.59. The third-order valence-corrected chi connectivity index (χ3v) is 3.10. The standard InChI is InChI=1S/C14H26FNO3/c1-3-5-6-7-8-9-10-12(15)14(19)16(4-2)11-13(17)18/h12H,3-11H2,1-2H3,(H,17,18). The van der Waals surface area contributed by atoms with E-state index in [9.17, 15) is 14.0 Å². The van der Waals surface area contributed by atoms with Crippen LogP contribution in [0.15, 0.2) is 0 Å². The zero-order valence-electron chi connectivity index (χ0n) is 12.0. The maximum Gasteiger partial charge on any atom is 0.323 e. The summed E-state index contributed by atoms with van der Waals surface area (Å²) in [7, 11) is 0. The molecular weight excluding hydrogens is 249 g/mol. The zero-order chi connectivity index (χ0) is 14.7. The quantitative estimate of drug-likeness (QED) is 0.590. The smallest absolute Gasteiger partial charge is 0.323 e. The Bertz CT molecular complexity index is 271. The molecule has 0 rings (SSSR count). The van der Waals surface area contributed by atoms with E-state index in [0.29, 0.717) is 6.42 Å². The molecule has 0 aromatic rings. The summed E-state index contributed by atoms with van der Waals surface area (Å²) < 4.78 is 13.7. The van der Waals surface area contributed by atoms with E-state index >= 15 is 0 Å². The number of nitrogens with zero attached hydrogens (tertiary/aromatic N) is 1. The van der Waals surface area contributed by atoms with Crippen LogP contribution in [0.3, 0.4) is 0 Å². The van der Waals surface area contributed by atoms with Gasteiger partial charge in [-0.05, 0) is 13.3 Å². The highest BCUT2D eigenvalue weighted by molar-refractivity contribution is 5.84. The van der Waals surface area contributed by atoms with Crippen molar-refractivity contribution in [3.63, 3.8) is 0 Å². The second-order valence-corrected chi connectivity index (χ2v) is 4.77. The van der Waals surface area contributed by atoms with E-state index in [0.717, 1.165) is 24.2 Å². The molecule has 1 unspecified atom stereocenters. The number of amides is 1. The van der Waals surface area contributed by atoms with Gasteiger partial charge in [0, 0.05) is 6.54 Å². The van der Waals surface area contributed by atoms with E-state index in [2.05, 4.69) is 6.92 Å². The lowest BCUT2D eigenvalue weighted by atomic mass is 10.1. The fraction of sp³-hybridized carbons (Fsp3) is 0.857. The Morgan fingerprint density at radius 3 is 2.21 bits per heavy atom. The zero-order valence-corrected chi connectivity index (χ0v) is 12.0. The van der Waals surface area contributed by atoms with Crippen LogP contribution in [0.1, 0.15) is 58.8 Å². The van der Waals surface area contributed by atoms with Gasteiger partial charge in [-0.25, -0.2) is 4.39 Å². The van der Waals surface area contributed by atoms with Gasteiger partial charge >= 0.3 is 5.97 Å². The molecule has 0 bridgehead atoms. The van der Waals surface area contributed by atoms with Crippen molar-refractivity contribution in [1.82, 2.24) is 4.90 Å². The molecule has 0 aliphatic carbocycles. The molecule has 1 amide bonds. The summed E-state index contributed by atoms with van der Waals surface area (Å²) in [6, 6.07) is 0. The van der Waals surface area contributed by atoms with Crippen LogP contribution in [0, 0.1) is 0 Å². The van der Waals surface area contributed by atoms with Crippen molar-refractivity contribution in [2.45, 2.75) is 65.0 Å². The molecule has 0 aromatic carbocycles. The Hall–Kier alpha value is -1.13. The second-order valence-electron chi connectivity index (χ2n) is 4.77. The fourth-order valence-corrected chi connectivity index (χ4v) is 1.93. The number of unbranched alkanes of at least 4 members (excludes halogenated alkanes) is 5. The highest BCUT2D eigenvalue weighted by Crippen LogP contribution is 2.12. The molecule has 4 nitrogen and oxygen atoms in total. The first-order valence-corrected chi connectivity index (χ1v) is 7.17. The third kappa shape index (κ3) is 8.56. The monoisotopic (exact) mass is 275 g/mol. The van der Waals surface area contributed by atoms with Crippen molar-refractivity contribution in [2.75, 3.05) is 13.1 Å². The van der Waals surface area contributed by atoms with Gasteiger partial charge in [-0.1, -0.05) is 45.4 Å². The van der Waals surface area contributed by atoms with Crippen molar-refractivity contribution in [3.8, 4) is 0 Å². The summed E-state index contributed by atoms with van der Waals surface area (Å²) >= 11 is 0. The Morgan fingerprint density at radius 1 is 1.11 bits per heavy atom. The number of hydrogen-bond acceptors (Lipinski definition) is 2. The van der Waals surface area contributed by atoms with E-state index in [1.165, 1.54) is 12.8 Å². The number of carbonyl (C=O) groups excluding carboxylic acids is 1. The van der Waals surface area contributed by atoms with Crippen LogP contribution >= 0.6 is 0 Å². The van der Waals surface area contributed by atoms with Crippen molar-refractivity contribution < 1.29 is 19.1 Å². The number of carboxylic acid groups (broad SMARTS) is 1. The molecular formula is C14H26FNO3. The summed E-state index contributed by atoms with van der Waals surface area (Å²) in [5, 5.41) is 8.63. The molecule has 5 heteroatoms. The number of alkyl halides is 1. The minimum atomic E-state index is -1.56. The van der Waals surface area contributed by atoms with Gasteiger partial charge in [-0.15, -0.1) is 0 Å². The maximum atomic E-state index is 13.7. The van der Waals surface area contributed by atoms with E-state index in [1.54, 1.807) is 6.92 Å². The van der Waals surface area contributed by atoms with Gasteiger partial charge < -0.3 is 10.0 Å². The molecule has 0 saturated carbocycles. The Kier molecular flexibility index (Phi) is 10.1. The Morgan fingerprint density at radius 2 is 1.68 bits per heavy atom. The predicted octanol–water partition coefficient (Wildman–Crippen LogP) is 3.01. The van der Waals surface area contributed by atoms with Crippen LogP contribution in [-0.2, 0) is 9.59 Å². The molecule has 1 N–H and O–H groups in total. The summed E-state index contributed by atoms with van der Waals surface area (Å²) in [5.74, 6) is -1.81. The number of rotatable bonds is 11. The van der Waals surface area contributed by atoms with Crippen LogP contribution in [0.25, 0.3) is 0 Å². The minimum absolute atomic E-state index is 0.196. The first-order valence-electron chi connectivity index (χ1n) is 7.17. The average Bonchev–Trinajstić information content (AvgIpc) is 2.38. The largest absolute Gasteiger partial charge is 0.480 e. The van der Waals surface area contributed by atoms with Crippen LogP contribution in [-0.4, -0.2) is 41.1 Å². The molecule has 112 valence electrons. The van der Waals surface area contributed by atoms with E-state index in [-0.39, 0.29) is 13.0 Å². The molecule has 0 aliphatic heterocycles. The number of halogens is 1. The van der Waals surface area contributed by atoms with Crippen LogP contribution < -0.4 is 0 Å². The normalized spacial score (nSPS) is 12.2. The number of hydrogen-bond donors (Lipinski definition) is 1. The highest BCUT2D eigenvalue weighted by Gasteiger charge is 2.23. The maximum absolute atomic E-state index is 13.7. The van der Waals surface area contributed by atoms with Crippen molar-refractivity contribution >= 4 is 11.9 Å². The average molecular weight is 275 g/mol. The van der Waals surface area contributed by atoms with Gasteiger partial charge in [-0.3, -0.25) is 9.59 Å². The number of carboxylic acids is 1. The van der Waals surface area contributed by atoms with Crippen molar-refractivity contribution in [1.29, 1.82) is 0 Å². The molecule has 0 spiro atoms. The molecule has 0 heterocycles. The van der Waals surface area contributed by atoms with E-state index < -0.39 is 24.6 Å². The van der Waals surface area contributed by atoms with Crippen LogP contribution in [0.4, 0.5) is 4.39 Å². The molecule has 0 saturated heterocycles. The van der Waals surface area contributed by atoms with Gasteiger partial charge in [0.1, 0.15) is 6.54 Å². The lowest BCUT2D eigenvalue weighted by Crippen LogP contribution is -2.40. The summed E-state index contributed by atoms with van der Waals surface area (Å²) in [6.07, 6.45) is 4.83. The van der Waals surface area contributed by atoms with Gasteiger partial charge in [0.05, 0.1) is 0 Å². The topological polar surface area (TPSA) is 57.6 Å². The van der Waals surface area contributed by atoms with Gasteiger partial charge in [-0.2, -0.15) is 0 Å². The first-order chi connectivity index (χ1) is 9.02. The SMILES string of the molecule is CCCCCCCCC(F)C(=O)N(CC)CC(=O)O. The van der Waals surface area contributed by atoms with Gasteiger partial charge in [0.2, 0.25) is 0 Å². The lowest BCUT2D eigenvalue weighted by Gasteiger charge is -2.20. The van der Waals surface area contributed by atoms with Gasteiger partial charge in [0.25, 0.3) is 5.91 Å². The predicted molar refractivity (Wildman–Crippen MR) is 72.8 cm³/mol. The molecule has 19 heavy (non-hydrogen) atoms. The fourth-order valence-electron chi connectivity index (χ4n) is 1.93. The molecule has 0 aliphatic rings. The Balaban J connectivity index is 3.88. The third-order valence-electron chi connectivity index (χ3n) is 3.10. The lowest BCUT2D eigenvalue weighted by molar-refractivity contribution is -0.146. The number of carbonyl (C=O) groups is 2. The minimum Gasteiger partial charge on any atom is -0.480 e. The molecule has 0 radical (unpaired) electrons. The van der Waals surface area contributed by atoms with E-state index in [1.807, 2.05) is 0 Å². The van der Waals surface area contributed by atoms with Crippen molar-refractivity contribution in [2.24, 2.45) is 0 Å². The van der Waals surface area contributed by atoms with Gasteiger partial charge in [0.15, 0.2) is 6.17 Å². The van der Waals surface area contributed by atoms with Crippen molar-refractivity contribution in [3.05, 3.63) is 0 Å². The number of likely N-dealkylation sites (N-methyl/N-ethyl adjacent to an activating group) is 1.